The molecular weight excluding hydrogens is 387 g/mol. The van der Waals surface area contributed by atoms with Gasteiger partial charge < -0.3 is 15.0 Å². The van der Waals surface area contributed by atoms with Crippen LogP contribution in [0.5, 0.6) is 0 Å². The number of halogens is 1. The highest BCUT2D eigenvalue weighted by molar-refractivity contribution is 5.78. The average molecular weight is 412 g/mol. The maximum absolute atomic E-state index is 13.7. The van der Waals surface area contributed by atoms with Crippen LogP contribution in [0.1, 0.15) is 11.4 Å². The summed E-state index contributed by atoms with van der Waals surface area (Å²) >= 11 is 0. The average Bonchev–Trinajstić information content (AvgIpc) is 2.73. The Bertz CT molecular complexity index is 1050. The number of hydrogen-bond donors (Lipinski definition) is 2. The van der Waals surface area contributed by atoms with Crippen molar-refractivity contribution in [1.29, 1.82) is 0 Å². The van der Waals surface area contributed by atoms with E-state index in [1.807, 2.05) is 11.0 Å². The summed E-state index contributed by atoms with van der Waals surface area (Å²) in [6.07, 6.45) is 0.413. The molecule has 0 atom stereocenters. The molecule has 0 aliphatic carbocycles. The van der Waals surface area contributed by atoms with Crippen LogP contribution in [0, 0.1) is 5.82 Å². The number of amides is 1. The summed E-state index contributed by atoms with van der Waals surface area (Å²) < 4.78 is 18.8. The molecule has 1 aromatic heterocycles. The molecule has 3 rings (SSSR count). The second kappa shape index (κ2) is 10.6. The van der Waals surface area contributed by atoms with Gasteiger partial charge in [-0.05, 0) is 30.2 Å². The lowest BCUT2D eigenvalue weighted by Crippen LogP contribution is -2.39. The first-order valence-corrected chi connectivity index (χ1v) is 9.76. The van der Waals surface area contributed by atoms with E-state index in [1.54, 1.807) is 43.5 Å². The van der Waals surface area contributed by atoms with E-state index in [-0.39, 0.29) is 23.8 Å². The lowest BCUT2D eigenvalue weighted by atomic mass is 10.1. The normalized spacial score (nSPS) is 11.2. The maximum atomic E-state index is 13.7. The van der Waals surface area contributed by atoms with Crippen molar-refractivity contribution in [2.24, 2.45) is 0 Å². The number of benzene rings is 2. The molecule has 0 saturated carbocycles. The molecule has 0 unspecified atom stereocenters. The smallest absolute Gasteiger partial charge is 0.258 e. The summed E-state index contributed by atoms with van der Waals surface area (Å²) in [7, 11) is 1.59. The first kappa shape index (κ1) is 21.6. The van der Waals surface area contributed by atoms with Gasteiger partial charge in [0.2, 0.25) is 5.91 Å². The second-order valence-corrected chi connectivity index (χ2v) is 6.92. The minimum atomic E-state index is -0.278. The van der Waals surface area contributed by atoms with E-state index in [4.69, 9.17) is 4.74 Å². The Kier molecular flexibility index (Phi) is 7.64. The van der Waals surface area contributed by atoms with Gasteiger partial charge in [-0.1, -0.05) is 30.3 Å². The molecule has 8 heteroatoms. The number of aromatic amines is 1. The molecule has 0 aliphatic heterocycles. The van der Waals surface area contributed by atoms with Crippen molar-refractivity contribution in [2.45, 2.75) is 13.0 Å². The Balaban J connectivity index is 1.60. The Morgan fingerprint density at radius 3 is 2.77 bits per heavy atom. The summed E-state index contributed by atoms with van der Waals surface area (Å²) in [6.45, 7) is 1.67. The van der Waals surface area contributed by atoms with Crippen molar-refractivity contribution in [3.05, 3.63) is 76.1 Å². The summed E-state index contributed by atoms with van der Waals surface area (Å²) in [5, 5.41) is 3.34. The van der Waals surface area contributed by atoms with Gasteiger partial charge in [0.15, 0.2) is 0 Å². The molecule has 2 aromatic carbocycles. The quantitative estimate of drug-likeness (QED) is 0.531. The molecule has 2 N–H and O–H groups in total. The van der Waals surface area contributed by atoms with E-state index in [9.17, 15) is 14.0 Å². The van der Waals surface area contributed by atoms with Crippen molar-refractivity contribution < 1.29 is 13.9 Å². The minimum Gasteiger partial charge on any atom is -0.383 e. The lowest BCUT2D eigenvalue weighted by Gasteiger charge is -2.21. The van der Waals surface area contributed by atoms with Gasteiger partial charge in [0.05, 0.1) is 30.6 Å². The molecule has 0 spiro atoms. The Hall–Kier alpha value is -3.10. The Morgan fingerprint density at radius 1 is 1.20 bits per heavy atom. The van der Waals surface area contributed by atoms with Gasteiger partial charge in [0.25, 0.3) is 5.56 Å². The highest BCUT2D eigenvalue weighted by Crippen LogP contribution is 2.08. The molecule has 0 bridgehead atoms. The van der Waals surface area contributed by atoms with Gasteiger partial charge in [-0.3, -0.25) is 14.5 Å². The summed E-state index contributed by atoms with van der Waals surface area (Å²) in [4.78, 5) is 33.8. The van der Waals surface area contributed by atoms with Crippen LogP contribution in [0.4, 0.5) is 4.39 Å². The molecule has 0 aliphatic rings. The van der Waals surface area contributed by atoms with Crippen molar-refractivity contribution in [3.8, 4) is 0 Å². The third kappa shape index (κ3) is 5.95. The van der Waals surface area contributed by atoms with Gasteiger partial charge in [-0.2, -0.15) is 0 Å². The van der Waals surface area contributed by atoms with Crippen LogP contribution in [-0.2, 0) is 22.5 Å². The van der Waals surface area contributed by atoms with E-state index in [1.165, 1.54) is 6.07 Å². The first-order chi connectivity index (χ1) is 14.6. The number of H-pyrrole nitrogens is 1. The number of nitrogens with one attached hydrogen (secondary N) is 2. The van der Waals surface area contributed by atoms with Crippen molar-refractivity contribution in [1.82, 2.24) is 20.2 Å². The molecule has 0 saturated heterocycles. The molecule has 0 fully saturated rings. The molecule has 1 heterocycles. The van der Waals surface area contributed by atoms with Crippen LogP contribution in [-0.4, -0.2) is 54.1 Å². The standard InChI is InChI=1S/C22H25FN4O3/c1-30-13-12-27(14-20-25-19-9-5-3-7-17(19)22(29)26-20)15-21(28)24-11-10-16-6-2-4-8-18(16)23/h2-9H,10-15H2,1H3,(H,24,28)(H,25,26,29). The largest absolute Gasteiger partial charge is 0.383 e. The van der Waals surface area contributed by atoms with Crippen molar-refractivity contribution in [3.63, 3.8) is 0 Å². The maximum Gasteiger partial charge on any atom is 0.258 e. The number of fused-ring (bicyclic) bond motifs is 1. The fourth-order valence-electron chi connectivity index (χ4n) is 3.15. The Morgan fingerprint density at radius 2 is 1.97 bits per heavy atom. The number of para-hydroxylation sites is 1. The molecule has 7 nitrogen and oxygen atoms in total. The molecule has 0 radical (unpaired) electrons. The summed E-state index contributed by atoms with van der Waals surface area (Å²) in [5.41, 5.74) is 0.959. The zero-order chi connectivity index (χ0) is 21.3. The van der Waals surface area contributed by atoms with Crippen LogP contribution < -0.4 is 10.9 Å². The molecule has 158 valence electrons. The van der Waals surface area contributed by atoms with Crippen LogP contribution in [0.3, 0.4) is 0 Å². The summed E-state index contributed by atoms with van der Waals surface area (Å²) in [6, 6.07) is 13.6. The van der Waals surface area contributed by atoms with Gasteiger partial charge in [0, 0.05) is 20.2 Å². The SMILES string of the molecule is COCCN(CC(=O)NCCc1ccccc1F)Cc1nc2ccccc2c(=O)[nH]1. The number of methoxy groups -OCH3 is 1. The van der Waals surface area contributed by atoms with Gasteiger partial charge in [0.1, 0.15) is 11.6 Å². The Labute approximate surface area is 173 Å². The van der Waals surface area contributed by atoms with E-state index < -0.39 is 0 Å². The molecule has 1 amide bonds. The molecular formula is C22H25FN4O3. The highest BCUT2D eigenvalue weighted by Gasteiger charge is 2.14. The highest BCUT2D eigenvalue weighted by atomic mass is 19.1. The topological polar surface area (TPSA) is 87.3 Å². The number of rotatable bonds is 10. The van der Waals surface area contributed by atoms with Gasteiger partial charge >= 0.3 is 0 Å². The predicted molar refractivity (Wildman–Crippen MR) is 113 cm³/mol. The first-order valence-electron chi connectivity index (χ1n) is 9.76. The van der Waals surface area contributed by atoms with Crippen LogP contribution in [0.2, 0.25) is 0 Å². The van der Waals surface area contributed by atoms with Crippen molar-refractivity contribution in [2.75, 3.05) is 33.4 Å². The summed E-state index contributed by atoms with van der Waals surface area (Å²) in [5.74, 6) is 0.0133. The number of hydrogen-bond acceptors (Lipinski definition) is 5. The number of nitrogens with zero attached hydrogens (tertiary/aromatic N) is 2. The van der Waals surface area contributed by atoms with E-state index in [0.29, 0.717) is 55.0 Å². The zero-order valence-electron chi connectivity index (χ0n) is 16.9. The molecule has 3 aromatic rings. The zero-order valence-corrected chi connectivity index (χ0v) is 16.9. The fraction of sp³-hybridized carbons (Fsp3) is 0.318. The predicted octanol–water partition coefficient (Wildman–Crippen LogP) is 1.87. The van der Waals surface area contributed by atoms with Crippen LogP contribution >= 0.6 is 0 Å². The van der Waals surface area contributed by atoms with E-state index >= 15 is 0 Å². The minimum absolute atomic E-state index is 0.108. The third-order valence-corrected chi connectivity index (χ3v) is 4.69. The monoisotopic (exact) mass is 412 g/mol. The van der Waals surface area contributed by atoms with Gasteiger partial charge in [-0.15, -0.1) is 0 Å². The lowest BCUT2D eigenvalue weighted by molar-refractivity contribution is -0.122. The second-order valence-electron chi connectivity index (χ2n) is 6.92. The number of carbonyl (C=O) groups excluding carboxylic acids is 1. The van der Waals surface area contributed by atoms with E-state index in [0.717, 1.165) is 0 Å². The third-order valence-electron chi connectivity index (χ3n) is 4.69. The van der Waals surface area contributed by atoms with Crippen molar-refractivity contribution >= 4 is 16.8 Å². The van der Waals surface area contributed by atoms with Crippen LogP contribution in [0.15, 0.2) is 53.3 Å². The number of carbonyl (C=O) groups is 1. The number of aromatic nitrogens is 2. The van der Waals surface area contributed by atoms with Crippen LogP contribution in [0.25, 0.3) is 10.9 Å². The van der Waals surface area contributed by atoms with E-state index in [2.05, 4.69) is 15.3 Å². The molecule has 30 heavy (non-hydrogen) atoms. The number of ether oxygens (including phenoxy) is 1. The van der Waals surface area contributed by atoms with Gasteiger partial charge in [-0.25, -0.2) is 9.37 Å². The fourth-order valence-corrected chi connectivity index (χ4v) is 3.15.